The average molecular weight is 486 g/mol. The van der Waals surface area contributed by atoms with E-state index in [-0.39, 0.29) is 24.0 Å². The zero-order chi connectivity index (χ0) is 18.2. The molecule has 2 aliphatic rings. The molecular formula is C21H35IN4O. The minimum atomic E-state index is 0. The van der Waals surface area contributed by atoms with Crippen molar-refractivity contribution >= 4 is 29.9 Å². The van der Waals surface area contributed by atoms with Gasteiger partial charge >= 0.3 is 0 Å². The van der Waals surface area contributed by atoms with Gasteiger partial charge in [0.25, 0.3) is 0 Å². The Hall–Kier alpha value is -1.02. The van der Waals surface area contributed by atoms with Crippen molar-refractivity contribution in [3.8, 4) is 5.75 Å². The predicted octanol–water partition coefficient (Wildman–Crippen LogP) is 3.81. The largest absolute Gasteiger partial charge is 0.497 e. The molecular weight excluding hydrogens is 451 g/mol. The first kappa shape index (κ1) is 22.3. The Labute approximate surface area is 181 Å². The minimum Gasteiger partial charge on any atom is -0.497 e. The highest BCUT2D eigenvalue weighted by Gasteiger charge is 2.24. The third-order valence-electron chi connectivity index (χ3n) is 5.52. The van der Waals surface area contributed by atoms with Crippen molar-refractivity contribution in [1.29, 1.82) is 0 Å². The summed E-state index contributed by atoms with van der Waals surface area (Å²) in [7, 11) is 3.59. The van der Waals surface area contributed by atoms with Crippen molar-refractivity contribution in [1.82, 2.24) is 15.5 Å². The molecule has 1 aliphatic carbocycles. The quantitative estimate of drug-likeness (QED) is 0.241. The monoisotopic (exact) mass is 486 g/mol. The highest BCUT2D eigenvalue weighted by molar-refractivity contribution is 14.0. The van der Waals surface area contributed by atoms with Crippen LogP contribution >= 0.6 is 24.0 Å². The molecule has 0 amide bonds. The van der Waals surface area contributed by atoms with Crippen LogP contribution in [0.5, 0.6) is 5.75 Å². The Morgan fingerprint density at radius 3 is 2.70 bits per heavy atom. The molecule has 0 radical (unpaired) electrons. The van der Waals surface area contributed by atoms with Gasteiger partial charge in [-0.05, 0) is 62.4 Å². The molecule has 5 nitrogen and oxygen atoms in total. The van der Waals surface area contributed by atoms with Gasteiger partial charge in [-0.3, -0.25) is 9.89 Å². The Kier molecular flexibility index (Phi) is 9.68. The third kappa shape index (κ3) is 7.14. The van der Waals surface area contributed by atoms with Crippen molar-refractivity contribution in [2.45, 2.75) is 44.6 Å². The number of halogens is 1. The van der Waals surface area contributed by atoms with Gasteiger partial charge in [0, 0.05) is 20.1 Å². The summed E-state index contributed by atoms with van der Waals surface area (Å²) in [6.45, 7) is 4.19. The molecule has 27 heavy (non-hydrogen) atoms. The van der Waals surface area contributed by atoms with Gasteiger partial charge in [-0.15, -0.1) is 24.0 Å². The molecule has 0 aromatic heterocycles. The van der Waals surface area contributed by atoms with E-state index >= 15 is 0 Å². The van der Waals surface area contributed by atoms with Crippen molar-refractivity contribution in [2.75, 3.05) is 40.3 Å². The van der Waals surface area contributed by atoms with Crippen molar-refractivity contribution in [2.24, 2.45) is 10.9 Å². The number of hydrogen-bond donors (Lipinski definition) is 2. The van der Waals surface area contributed by atoms with Crippen molar-refractivity contribution in [3.05, 3.63) is 29.8 Å². The van der Waals surface area contributed by atoms with Gasteiger partial charge in [-0.25, -0.2) is 0 Å². The van der Waals surface area contributed by atoms with E-state index in [2.05, 4.69) is 38.7 Å². The lowest BCUT2D eigenvalue weighted by atomic mass is 10.1. The first-order valence-electron chi connectivity index (χ1n) is 10.1. The van der Waals surface area contributed by atoms with E-state index in [1.54, 1.807) is 7.11 Å². The van der Waals surface area contributed by atoms with E-state index in [0.717, 1.165) is 43.8 Å². The molecule has 2 fully saturated rings. The number of nitrogens with zero attached hydrogens (tertiary/aromatic N) is 2. The summed E-state index contributed by atoms with van der Waals surface area (Å²) in [6, 6.07) is 8.81. The Bertz CT molecular complexity index is 585. The fourth-order valence-electron chi connectivity index (χ4n) is 3.78. The first-order chi connectivity index (χ1) is 12.8. The molecule has 1 aromatic rings. The first-order valence-corrected chi connectivity index (χ1v) is 10.1. The van der Waals surface area contributed by atoms with E-state index in [1.165, 1.54) is 44.1 Å². The molecule has 2 N–H and O–H groups in total. The number of methoxy groups -OCH3 is 1. The molecule has 6 heteroatoms. The van der Waals surface area contributed by atoms with E-state index in [0.29, 0.717) is 6.04 Å². The van der Waals surface area contributed by atoms with Gasteiger partial charge < -0.3 is 15.4 Å². The van der Waals surface area contributed by atoms with Crippen LogP contribution in [0.3, 0.4) is 0 Å². The van der Waals surface area contributed by atoms with Crippen LogP contribution in [0.25, 0.3) is 0 Å². The molecule has 1 atom stereocenters. The molecule has 1 aliphatic heterocycles. The van der Waals surface area contributed by atoms with E-state index in [1.807, 2.05) is 13.1 Å². The fraction of sp³-hybridized carbons (Fsp3) is 0.667. The third-order valence-corrected chi connectivity index (χ3v) is 5.52. The van der Waals surface area contributed by atoms with Crippen molar-refractivity contribution < 1.29 is 4.74 Å². The SMILES string of the molecule is CN=C(NCCCC1CC1)NCC(c1cccc(OC)c1)N1CCCC1.I. The molecule has 152 valence electrons. The number of aliphatic imine (C=N–C) groups is 1. The summed E-state index contributed by atoms with van der Waals surface area (Å²) in [4.78, 5) is 6.97. The molecule has 1 aromatic carbocycles. The summed E-state index contributed by atoms with van der Waals surface area (Å²) in [5.74, 6) is 2.83. The molecule has 1 saturated heterocycles. The number of hydrogen-bond acceptors (Lipinski definition) is 3. The molecule has 1 unspecified atom stereocenters. The predicted molar refractivity (Wildman–Crippen MR) is 123 cm³/mol. The number of nitrogens with one attached hydrogen (secondary N) is 2. The summed E-state index contributed by atoms with van der Waals surface area (Å²) >= 11 is 0. The number of rotatable bonds is 9. The van der Waals surface area contributed by atoms with Crippen LogP contribution in [-0.2, 0) is 0 Å². The number of guanidine groups is 1. The highest BCUT2D eigenvalue weighted by atomic mass is 127. The van der Waals surface area contributed by atoms with E-state index in [4.69, 9.17) is 4.74 Å². The molecule has 0 bridgehead atoms. The van der Waals surface area contributed by atoms with Crippen LogP contribution in [0.15, 0.2) is 29.3 Å². The number of benzene rings is 1. The second-order valence-electron chi connectivity index (χ2n) is 7.50. The maximum absolute atomic E-state index is 5.43. The summed E-state index contributed by atoms with van der Waals surface area (Å²) in [6.07, 6.45) is 8.03. The summed E-state index contributed by atoms with van der Waals surface area (Å²) in [5, 5.41) is 7.01. The van der Waals surface area contributed by atoms with Crippen LogP contribution < -0.4 is 15.4 Å². The lowest BCUT2D eigenvalue weighted by molar-refractivity contribution is 0.245. The van der Waals surface area contributed by atoms with Crippen LogP contribution in [-0.4, -0.2) is 51.2 Å². The van der Waals surface area contributed by atoms with Gasteiger partial charge in [0.15, 0.2) is 5.96 Å². The lowest BCUT2D eigenvalue weighted by Crippen LogP contribution is -2.43. The van der Waals surface area contributed by atoms with Crippen LogP contribution in [0, 0.1) is 5.92 Å². The van der Waals surface area contributed by atoms with Gasteiger partial charge in [-0.2, -0.15) is 0 Å². The van der Waals surface area contributed by atoms with Crippen LogP contribution in [0.1, 0.15) is 50.1 Å². The zero-order valence-electron chi connectivity index (χ0n) is 16.7. The summed E-state index contributed by atoms with van der Waals surface area (Å²) in [5.41, 5.74) is 1.31. The zero-order valence-corrected chi connectivity index (χ0v) is 19.1. The molecule has 0 spiro atoms. The number of likely N-dealkylation sites (tertiary alicyclic amines) is 1. The standard InChI is InChI=1S/C21H34N4O.HI/c1-22-21(23-12-6-7-17-10-11-17)24-16-20(25-13-3-4-14-25)18-8-5-9-19(15-18)26-2;/h5,8-9,15,17,20H,3-4,6-7,10-14,16H2,1-2H3,(H2,22,23,24);1H. The van der Waals surface area contributed by atoms with E-state index in [9.17, 15) is 0 Å². The minimum absolute atomic E-state index is 0. The van der Waals surface area contributed by atoms with Gasteiger partial charge in [0.2, 0.25) is 0 Å². The summed E-state index contributed by atoms with van der Waals surface area (Å²) < 4.78 is 5.43. The second kappa shape index (κ2) is 11.7. The average Bonchev–Trinajstić information content (AvgIpc) is 3.35. The molecule has 3 rings (SSSR count). The lowest BCUT2D eigenvalue weighted by Gasteiger charge is -2.29. The smallest absolute Gasteiger partial charge is 0.191 e. The van der Waals surface area contributed by atoms with Crippen molar-refractivity contribution in [3.63, 3.8) is 0 Å². The van der Waals surface area contributed by atoms with Gasteiger partial charge in [0.05, 0.1) is 13.2 Å². The molecule has 1 saturated carbocycles. The fourth-order valence-corrected chi connectivity index (χ4v) is 3.78. The Morgan fingerprint density at radius 2 is 2.04 bits per heavy atom. The molecule has 1 heterocycles. The normalized spacial score (nSPS) is 18.7. The van der Waals surface area contributed by atoms with Crippen LogP contribution in [0.4, 0.5) is 0 Å². The maximum Gasteiger partial charge on any atom is 0.191 e. The van der Waals surface area contributed by atoms with Gasteiger partial charge in [0.1, 0.15) is 5.75 Å². The van der Waals surface area contributed by atoms with Crippen LogP contribution in [0.2, 0.25) is 0 Å². The highest BCUT2D eigenvalue weighted by Crippen LogP contribution is 2.33. The maximum atomic E-state index is 5.43. The van der Waals surface area contributed by atoms with Gasteiger partial charge in [-0.1, -0.05) is 25.0 Å². The number of ether oxygens (including phenoxy) is 1. The van der Waals surface area contributed by atoms with E-state index < -0.39 is 0 Å². The Balaban J connectivity index is 0.00000261. The second-order valence-corrected chi connectivity index (χ2v) is 7.50. The topological polar surface area (TPSA) is 48.9 Å². The Morgan fingerprint density at radius 1 is 1.26 bits per heavy atom.